The number of nitrogens with zero attached hydrogens (tertiary/aromatic N) is 5. The molecule has 0 saturated carbocycles. The number of aromatic amines is 2. The number of carboxylic acids is 1. The molecule has 5 heterocycles. The first-order valence-corrected chi connectivity index (χ1v) is 42.7. The number of unbranched alkanes of at least 4 members (excludes halogenated alkanes) is 1. The van der Waals surface area contributed by atoms with Crippen LogP contribution in [0.5, 0.6) is 5.75 Å². The minimum Gasteiger partial charge on any atom is -0.508 e. The number of phenolic OH excluding ortho intramolecular Hbond substituents is 1. The molecule has 22 N–H and O–H groups in total. The Balaban J connectivity index is 1.16. The van der Waals surface area contributed by atoms with Crippen LogP contribution in [0.1, 0.15) is 108 Å². The van der Waals surface area contributed by atoms with E-state index in [1.165, 1.54) is 59.3 Å². The van der Waals surface area contributed by atoms with E-state index in [4.69, 9.17) is 11.5 Å². The van der Waals surface area contributed by atoms with E-state index in [1.807, 2.05) is 0 Å². The van der Waals surface area contributed by atoms with E-state index in [0.29, 0.717) is 56.7 Å². The summed E-state index contributed by atoms with van der Waals surface area (Å²) in [6, 6.07) is -3.96. The third kappa shape index (κ3) is 27.1. The van der Waals surface area contributed by atoms with Gasteiger partial charge in [-0.3, -0.25) is 86.3 Å². The third-order valence-electron chi connectivity index (χ3n) is 22.5. The number of H-pyrrole nitrogens is 2. The second-order valence-electron chi connectivity index (χ2n) is 31.6. The van der Waals surface area contributed by atoms with Crippen molar-refractivity contribution < 1.29 is 117 Å². The molecule has 0 radical (unpaired) electrons. The maximum absolute atomic E-state index is 15.2. The number of aromatic hydroxyl groups is 1. The number of rotatable bonds is 22. The van der Waals surface area contributed by atoms with Gasteiger partial charge < -0.3 is 130 Å². The van der Waals surface area contributed by atoms with Gasteiger partial charge in [-0.05, 0) is 93.3 Å². The van der Waals surface area contributed by atoms with Gasteiger partial charge in [-0.15, -0.1) is 11.8 Å². The van der Waals surface area contributed by atoms with Gasteiger partial charge in [0.1, 0.15) is 90.3 Å². The highest BCUT2D eigenvalue weighted by atomic mass is 32.2. The van der Waals surface area contributed by atoms with Crippen molar-refractivity contribution >= 4 is 140 Å². The normalized spacial score (nSPS) is 25.6. The number of benzene rings is 3. The number of fused-ring (bicyclic) bond motifs is 4. The number of aromatic nitrogens is 2. The predicted octanol–water partition coefficient (Wildman–Crippen LogP) is -5.74. The molecule has 2 aromatic heterocycles. The summed E-state index contributed by atoms with van der Waals surface area (Å²) >= 11 is 0.691. The molecule has 0 aliphatic carbocycles. The van der Waals surface area contributed by atoms with Crippen LogP contribution in [0.15, 0.2) is 85.2 Å². The number of hydrogen-bond donors (Lipinski definition) is 20. The fraction of sp³-hybridized carbons (Fsp3) is 0.518. The van der Waals surface area contributed by atoms with Crippen LogP contribution in [0.2, 0.25) is 0 Å². The highest BCUT2D eigenvalue weighted by molar-refractivity contribution is 8.00. The summed E-state index contributed by atoms with van der Waals surface area (Å²) in [5.74, 6) is -20.4. The Morgan fingerprint density at radius 3 is 1.64 bits per heavy atom. The lowest BCUT2D eigenvalue weighted by Crippen LogP contribution is -2.61. The van der Waals surface area contributed by atoms with Crippen molar-refractivity contribution in [2.24, 2.45) is 11.5 Å². The lowest BCUT2D eigenvalue weighted by Gasteiger charge is -2.34. The van der Waals surface area contributed by atoms with E-state index >= 15 is 14.4 Å². The van der Waals surface area contributed by atoms with Crippen molar-refractivity contribution in [1.82, 2.24) is 87.6 Å². The maximum Gasteiger partial charge on any atom is 0.303 e. The number of primary amides is 2. The van der Waals surface area contributed by atoms with Gasteiger partial charge in [0.2, 0.25) is 100 Å². The molecule has 15 atom stereocenters. The monoisotopic (exact) mass is 1790 g/mol. The van der Waals surface area contributed by atoms with Crippen LogP contribution in [-0.4, -0.2) is 334 Å². The van der Waals surface area contributed by atoms with E-state index in [2.05, 4.69) is 63.1 Å². The zero-order valence-electron chi connectivity index (χ0n) is 71.1. The minimum atomic E-state index is -1.91. The molecule has 3 saturated heterocycles. The van der Waals surface area contributed by atoms with E-state index in [9.17, 15) is 103 Å². The lowest BCUT2D eigenvalue weighted by atomic mass is 10.0. The van der Waals surface area contributed by atoms with Crippen molar-refractivity contribution in [3.05, 3.63) is 102 Å². The first kappa shape index (κ1) is 99.6. The molecule has 3 aromatic carbocycles. The number of aliphatic hydroxyl groups excluding tert-OH is 4. The molecule has 127 heavy (non-hydrogen) atoms. The molecular weight excluding hydrogens is 1680 g/mol. The summed E-state index contributed by atoms with van der Waals surface area (Å²) in [7, 11) is 3.62. The second kappa shape index (κ2) is 47.0. The van der Waals surface area contributed by atoms with Crippen LogP contribution >= 0.6 is 11.8 Å². The van der Waals surface area contributed by atoms with E-state index in [-0.39, 0.29) is 57.2 Å². The van der Waals surface area contributed by atoms with Gasteiger partial charge in [0.05, 0.1) is 31.4 Å². The molecule has 0 bridgehead atoms. The number of nitrogens with two attached hydrogens (primary N) is 2. The number of aliphatic hydroxyl groups is 4. The van der Waals surface area contributed by atoms with E-state index < -0.39 is 280 Å². The summed E-state index contributed by atoms with van der Waals surface area (Å²) in [6.45, 7) is 0.0559. The number of para-hydroxylation sites is 2. The molecule has 0 unspecified atom stereocenters. The number of carbonyl (C=O) groups excluding carboxylic acids is 17. The van der Waals surface area contributed by atoms with Crippen LogP contribution < -0.4 is 64.6 Å². The van der Waals surface area contributed by atoms with Crippen LogP contribution in [0.25, 0.3) is 21.8 Å². The molecule has 5 aromatic rings. The Kier molecular flexibility index (Phi) is 36.8. The highest BCUT2D eigenvalue weighted by Gasteiger charge is 2.46. The number of amides is 17. The van der Waals surface area contributed by atoms with Gasteiger partial charge in [-0.1, -0.05) is 68.3 Å². The molecule has 690 valence electrons. The Labute approximate surface area is 733 Å². The van der Waals surface area contributed by atoms with Crippen molar-refractivity contribution in [2.75, 3.05) is 72.1 Å². The number of phenols is 1. The number of likely N-dealkylation sites (N-methyl/N-ethyl adjacent to an activating group) is 3. The number of nitrogens with one attached hydrogen (secondary N) is 12. The standard InChI is InChI=1S/C83H113N19O24S/c1-7-8-18-63-76(119)95-60(35-66(84)108)83(126)101-28-13-19-64(101)77(120)96-61(40-105)75(118)92-56(27-30-104)82(125)102-39-49(107)34-65(102)78(121)93-57(32-46-36-86-52-16-11-9-14-50(46)52)74(117)91-55(26-29-103)73(116)94-59(33-47-37-87-53-17-12-10-15-51(47)53)80(123)99(5)44(3)79(122)98(4)43(2)70(113)90-54(24-25-69(111)112)72(115)97-62(71(114)88-38-67(85)109)41-127-42-68(110)89-58(81(124)100(63)6)31-45-20-22-48(106)23-21-45/h9-12,14-17,20-23,36-37,43-44,49,54-65,86-87,103-107H,7-8,13,18-19,24-35,38-42H2,1-6H3,(H2,84,108)(H2,85,109)(H,88,114)(H,89,110)(H,90,113)(H,91,117)(H,92,118)(H,93,121)(H,94,116)(H,95,119)(H,96,120)(H,97,115)(H,111,112)/t43-,44-,49+,54-,55-,56-,57-,58-,59-,60+,61-,62-,63-,64-,65-/m0/s1. The van der Waals surface area contributed by atoms with Crippen LogP contribution in [-0.2, 0) is 106 Å². The topological polar surface area (TPSA) is 649 Å². The molecular formula is C83H113N19O24S. The van der Waals surface area contributed by atoms with Gasteiger partial charge >= 0.3 is 5.97 Å². The predicted molar refractivity (Wildman–Crippen MR) is 455 cm³/mol. The quantitative estimate of drug-likeness (QED) is 0.0307. The zero-order chi connectivity index (χ0) is 93.2. The number of aliphatic carboxylic acids is 1. The smallest absolute Gasteiger partial charge is 0.303 e. The number of hydrogen-bond acceptors (Lipinski definition) is 24. The first-order chi connectivity index (χ1) is 60.4. The lowest BCUT2D eigenvalue weighted by molar-refractivity contribution is -0.148. The summed E-state index contributed by atoms with van der Waals surface area (Å²) in [5, 5.41) is 89.1. The average Bonchev–Trinajstić information content (AvgIpc) is 1.71. The summed E-state index contributed by atoms with van der Waals surface area (Å²) in [5.41, 5.74) is 13.5. The van der Waals surface area contributed by atoms with Crippen molar-refractivity contribution in [2.45, 2.75) is 201 Å². The molecule has 3 aliphatic heterocycles. The number of thioether (sulfide) groups is 1. The summed E-state index contributed by atoms with van der Waals surface area (Å²) in [4.78, 5) is 268. The van der Waals surface area contributed by atoms with Crippen LogP contribution in [0, 0.1) is 0 Å². The fourth-order valence-electron chi connectivity index (χ4n) is 15.2. The SMILES string of the molecule is CCCC[C@H]1C(=O)N[C@H](CC(N)=O)C(=O)N2CCC[C@H]2C(=O)N[C@@H](CO)C(=O)N[C@@H](CCO)C(=O)N2C[C@H](O)C[C@H]2C(=O)N[C@@H](Cc2c[nH]c3ccccc23)C(=O)N[C@@H](CCO)C(=O)N[C@@H](Cc2c[nH]c3ccccc23)C(=O)N(C)[C@@H](C)C(=O)N(C)[C@@H](C)C(=O)N[C@@H](CCC(=O)O)C(=O)N[C@H](C(=O)NCC(N)=O)CSCC(=O)N[C@@H](Cc2ccc(O)cc2)C(=O)N1C. The van der Waals surface area contributed by atoms with Crippen LogP contribution in [0.3, 0.4) is 0 Å². The fourth-order valence-corrected chi connectivity index (χ4v) is 16.0. The third-order valence-corrected chi connectivity index (χ3v) is 23.5. The molecule has 8 rings (SSSR count). The molecule has 3 fully saturated rings. The minimum absolute atomic E-state index is 0.0938. The Hall–Kier alpha value is -12.8. The highest BCUT2D eigenvalue weighted by Crippen LogP contribution is 2.27. The Morgan fingerprint density at radius 2 is 1.03 bits per heavy atom. The van der Waals surface area contributed by atoms with Gasteiger partial charge in [0, 0.05) is 120 Å². The van der Waals surface area contributed by atoms with E-state index in [1.54, 1.807) is 67.8 Å². The Bertz CT molecular complexity index is 4840. The van der Waals surface area contributed by atoms with Crippen LogP contribution in [0.4, 0.5) is 0 Å². The molecule has 17 amide bonds. The molecule has 0 spiro atoms. The number of carboxylic acid groups (broad SMARTS) is 1. The number of carbonyl (C=O) groups is 18. The zero-order valence-corrected chi connectivity index (χ0v) is 71.9. The average molecular weight is 1790 g/mol. The van der Waals surface area contributed by atoms with Gasteiger partial charge in [-0.2, -0.15) is 0 Å². The Morgan fingerprint density at radius 1 is 0.520 bits per heavy atom. The van der Waals surface area contributed by atoms with Gasteiger partial charge in [0.15, 0.2) is 0 Å². The van der Waals surface area contributed by atoms with E-state index in [0.717, 1.165) is 24.5 Å². The van der Waals surface area contributed by atoms with Crippen molar-refractivity contribution in [3.63, 3.8) is 0 Å². The first-order valence-electron chi connectivity index (χ1n) is 41.5. The molecule has 3 aliphatic rings. The summed E-state index contributed by atoms with van der Waals surface area (Å²) in [6.07, 6.45) is -2.44. The largest absolute Gasteiger partial charge is 0.508 e. The van der Waals surface area contributed by atoms with Crippen molar-refractivity contribution in [1.29, 1.82) is 0 Å². The van der Waals surface area contributed by atoms with Crippen molar-refractivity contribution in [3.8, 4) is 5.75 Å². The molecule has 44 heteroatoms. The van der Waals surface area contributed by atoms with Gasteiger partial charge in [-0.25, -0.2) is 0 Å². The van der Waals surface area contributed by atoms with Gasteiger partial charge in [0.25, 0.3) is 0 Å². The molecule has 43 nitrogen and oxygen atoms in total. The summed E-state index contributed by atoms with van der Waals surface area (Å²) < 4.78 is 0. The maximum atomic E-state index is 15.2. The second-order valence-corrected chi connectivity index (χ2v) is 32.6.